The molecule has 0 bridgehead atoms. The van der Waals surface area contributed by atoms with E-state index in [-0.39, 0.29) is 12.5 Å². The van der Waals surface area contributed by atoms with Gasteiger partial charge in [-0.1, -0.05) is 54.1 Å². The molecule has 0 fully saturated rings. The van der Waals surface area contributed by atoms with E-state index in [4.69, 9.17) is 5.11 Å². The Hall–Kier alpha value is -2.39. The molecular formula is C19H21NO2. The van der Waals surface area contributed by atoms with Crippen molar-refractivity contribution in [2.24, 2.45) is 0 Å². The van der Waals surface area contributed by atoms with E-state index in [1.165, 1.54) is 5.56 Å². The molecule has 0 spiro atoms. The van der Waals surface area contributed by atoms with Gasteiger partial charge in [0, 0.05) is 18.7 Å². The van der Waals surface area contributed by atoms with E-state index >= 15 is 0 Å². The molecule has 114 valence electrons. The second-order valence-electron chi connectivity index (χ2n) is 5.24. The van der Waals surface area contributed by atoms with Crippen molar-refractivity contribution >= 4 is 17.7 Å². The number of carbonyl (C=O) groups excluding carboxylic acids is 1. The van der Waals surface area contributed by atoms with Crippen LogP contribution in [-0.4, -0.2) is 17.6 Å². The molecule has 2 aromatic carbocycles. The van der Waals surface area contributed by atoms with Crippen LogP contribution in [0.5, 0.6) is 0 Å². The number of benzene rings is 2. The minimum Gasteiger partial charge on any atom is -0.396 e. The molecule has 2 N–H and O–H groups in total. The highest BCUT2D eigenvalue weighted by molar-refractivity contribution is 5.92. The first-order chi connectivity index (χ1) is 10.7. The third-order valence-corrected chi connectivity index (χ3v) is 3.33. The largest absolute Gasteiger partial charge is 0.396 e. The Morgan fingerprint density at radius 1 is 1.09 bits per heavy atom. The highest BCUT2D eigenvalue weighted by Gasteiger charge is 2.00. The molecule has 22 heavy (non-hydrogen) atoms. The maximum atomic E-state index is 11.9. The third kappa shape index (κ3) is 5.19. The highest BCUT2D eigenvalue weighted by atomic mass is 16.2. The first kappa shape index (κ1) is 16.0. The number of carbonyl (C=O) groups is 1. The van der Waals surface area contributed by atoms with Crippen molar-refractivity contribution in [2.75, 3.05) is 11.9 Å². The lowest BCUT2D eigenvalue weighted by atomic mass is 10.1. The van der Waals surface area contributed by atoms with Crippen molar-refractivity contribution in [3.05, 3.63) is 71.3 Å². The van der Waals surface area contributed by atoms with E-state index in [0.717, 1.165) is 16.8 Å². The number of nitrogens with one attached hydrogen (secondary N) is 1. The molecule has 0 aromatic heterocycles. The zero-order chi connectivity index (χ0) is 15.8. The third-order valence-electron chi connectivity index (χ3n) is 3.33. The van der Waals surface area contributed by atoms with Crippen LogP contribution in [0.15, 0.2) is 54.6 Å². The Balaban J connectivity index is 1.83. The summed E-state index contributed by atoms with van der Waals surface area (Å²) in [6.45, 7) is 2.18. The number of aliphatic hydroxyl groups is 1. The monoisotopic (exact) mass is 295 g/mol. The van der Waals surface area contributed by atoms with Gasteiger partial charge in [-0.25, -0.2) is 0 Å². The normalized spacial score (nSPS) is 10.8. The molecule has 0 unspecified atom stereocenters. The summed E-state index contributed by atoms with van der Waals surface area (Å²) in [4.78, 5) is 11.9. The number of aryl methyl sites for hydroxylation is 1. The maximum Gasteiger partial charge on any atom is 0.228 e. The van der Waals surface area contributed by atoms with Crippen LogP contribution in [0.1, 0.15) is 23.1 Å². The van der Waals surface area contributed by atoms with Gasteiger partial charge in [0.25, 0.3) is 0 Å². The van der Waals surface area contributed by atoms with Crippen LogP contribution in [0.25, 0.3) is 6.08 Å². The SMILES string of the molecule is Cc1ccc(/C=C/CC(=O)Nc2ccc(CCO)cc2)cc1. The van der Waals surface area contributed by atoms with Crippen LogP contribution < -0.4 is 5.32 Å². The van der Waals surface area contributed by atoms with Crippen molar-refractivity contribution in [1.82, 2.24) is 0 Å². The van der Waals surface area contributed by atoms with Gasteiger partial charge in [0.1, 0.15) is 0 Å². The van der Waals surface area contributed by atoms with Crippen LogP contribution in [0.3, 0.4) is 0 Å². The first-order valence-corrected chi connectivity index (χ1v) is 7.40. The summed E-state index contributed by atoms with van der Waals surface area (Å²) in [7, 11) is 0. The topological polar surface area (TPSA) is 49.3 Å². The van der Waals surface area contributed by atoms with Gasteiger partial charge in [-0.3, -0.25) is 4.79 Å². The Morgan fingerprint density at radius 2 is 1.77 bits per heavy atom. The highest BCUT2D eigenvalue weighted by Crippen LogP contribution is 2.11. The van der Waals surface area contributed by atoms with Gasteiger partial charge in [-0.05, 0) is 36.6 Å². The van der Waals surface area contributed by atoms with E-state index in [1.54, 1.807) is 0 Å². The second-order valence-corrected chi connectivity index (χ2v) is 5.24. The standard InChI is InChI=1S/C19H21NO2/c1-15-5-7-16(8-6-15)3-2-4-19(22)20-18-11-9-17(10-12-18)13-14-21/h2-3,5-12,21H,4,13-14H2,1H3,(H,20,22)/b3-2+. The number of hydrogen-bond donors (Lipinski definition) is 2. The average molecular weight is 295 g/mol. The van der Waals surface area contributed by atoms with Gasteiger partial charge in [0.2, 0.25) is 5.91 Å². The van der Waals surface area contributed by atoms with Gasteiger partial charge < -0.3 is 10.4 Å². The zero-order valence-electron chi connectivity index (χ0n) is 12.8. The summed E-state index contributed by atoms with van der Waals surface area (Å²) >= 11 is 0. The number of hydrogen-bond acceptors (Lipinski definition) is 2. The molecule has 0 aliphatic carbocycles. The quantitative estimate of drug-likeness (QED) is 0.856. The van der Waals surface area contributed by atoms with Crippen molar-refractivity contribution < 1.29 is 9.90 Å². The van der Waals surface area contributed by atoms with Crippen LogP contribution in [0.4, 0.5) is 5.69 Å². The number of amides is 1. The minimum absolute atomic E-state index is 0.0433. The van der Waals surface area contributed by atoms with Gasteiger partial charge in [-0.2, -0.15) is 0 Å². The molecule has 0 saturated carbocycles. The predicted molar refractivity (Wildman–Crippen MR) is 90.7 cm³/mol. The Morgan fingerprint density at radius 3 is 2.41 bits per heavy atom. The molecule has 1 amide bonds. The summed E-state index contributed by atoms with van der Waals surface area (Å²) in [5.74, 6) is -0.0433. The van der Waals surface area contributed by atoms with Crippen molar-refractivity contribution in [3.63, 3.8) is 0 Å². The summed E-state index contributed by atoms with van der Waals surface area (Å²) in [5.41, 5.74) is 4.14. The Labute approximate surface area is 131 Å². The summed E-state index contributed by atoms with van der Waals surface area (Å²) in [6, 6.07) is 15.7. The maximum absolute atomic E-state index is 11.9. The van der Waals surface area contributed by atoms with Crippen LogP contribution in [-0.2, 0) is 11.2 Å². The van der Waals surface area contributed by atoms with Gasteiger partial charge >= 0.3 is 0 Å². The average Bonchev–Trinajstić information content (AvgIpc) is 2.51. The van der Waals surface area contributed by atoms with Gasteiger partial charge in [0.05, 0.1) is 0 Å². The molecule has 2 rings (SSSR count). The van der Waals surface area contributed by atoms with Crippen LogP contribution in [0, 0.1) is 6.92 Å². The van der Waals surface area contributed by atoms with E-state index in [1.807, 2.05) is 67.6 Å². The number of aliphatic hydroxyl groups excluding tert-OH is 1. The van der Waals surface area contributed by atoms with Crippen LogP contribution in [0.2, 0.25) is 0 Å². The van der Waals surface area contributed by atoms with Crippen molar-refractivity contribution in [1.29, 1.82) is 0 Å². The van der Waals surface area contributed by atoms with E-state index in [2.05, 4.69) is 5.32 Å². The number of rotatable bonds is 6. The molecule has 2 aromatic rings. The van der Waals surface area contributed by atoms with E-state index < -0.39 is 0 Å². The van der Waals surface area contributed by atoms with Crippen molar-refractivity contribution in [2.45, 2.75) is 19.8 Å². The summed E-state index contributed by atoms with van der Waals surface area (Å²) in [6.07, 6.45) is 4.78. The molecule has 0 saturated heterocycles. The Kier molecular flexibility index (Phi) is 5.92. The molecule has 0 atom stereocenters. The lowest BCUT2D eigenvalue weighted by Gasteiger charge is -2.04. The summed E-state index contributed by atoms with van der Waals surface area (Å²) < 4.78 is 0. The minimum atomic E-state index is -0.0433. The smallest absolute Gasteiger partial charge is 0.228 e. The lowest BCUT2D eigenvalue weighted by Crippen LogP contribution is -2.09. The lowest BCUT2D eigenvalue weighted by molar-refractivity contribution is -0.115. The molecule has 0 aliphatic rings. The van der Waals surface area contributed by atoms with Crippen molar-refractivity contribution in [3.8, 4) is 0 Å². The number of anilines is 1. The van der Waals surface area contributed by atoms with Crippen LogP contribution >= 0.6 is 0 Å². The fourth-order valence-corrected chi connectivity index (χ4v) is 2.08. The fraction of sp³-hybridized carbons (Fsp3) is 0.211. The fourth-order valence-electron chi connectivity index (χ4n) is 2.08. The first-order valence-electron chi connectivity index (χ1n) is 7.40. The molecule has 0 radical (unpaired) electrons. The molecular weight excluding hydrogens is 274 g/mol. The van der Waals surface area contributed by atoms with Gasteiger partial charge in [-0.15, -0.1) is 0 Å². The van der Waals surface area contributed by atoms with E-state index in [9.17, 15) is 4.79 Å². The van der Waals surface area contributed by atoms with Gasteiger partial charge in [0.15, 0.2) is 0 Å². The zero-order valence-corrected chi connectivity index (χ0v) is 12.8. The molecule has 0 aliphatic heterocycles. The summed E-state index contributed by atoms with van der Waals surface area (Å²) in [5, 5.41) is 11.7. The second kappa shape index (κ2) is 8.15. The molecule has 3 nitrogen and oxygen atoms in total. The molecule has 3 heteroatoms. The van der Waals surface area contributed by atoms with E-state index in [0.29, 0.717) is 12.8 Å². The Bertz CT molecular complexity index is 627. The molecule has 0 heterocycles. The predicted octanol–water partition coefficient (Wildman–Crippen LogP) is 3.57.